The van der Waals surface area contributed by atoms with Gasteiger partial charge in [-0.05, 0) is 54.8 Å². The van der Waals surface area contributed by atoms with E-state index in [4.69, 9.17) is 4.74 Å². The Balaban J connectivity index is 1.60. The van der Waals surface area contributed by atoms with Crippen molar-refractivity contribution >= 4 is 11.6 Å². The van der Waals surface area contributed by atoms with Crippen molar-refractivity contribution in [3.63, 3.8) is 0 Å². The number of carbonyl (C=O) groups is 1. The number of rotatable bonds is 7. The first-order chi connectivity index (χ1) is 13.9. The Kier molecular flexibility index (Phi) is 6.93. The summed E-state index contributed by atoms with van der Waals surface area (Å²) in [5, 5.41) is 12.6. The Morgan fingerprint density at radius 2 is 1.97 bits per heavy atom. The Morgan fingerprint density at radius 1 is 1.21 bits per heavy atom. The van der Waals surface area contributed by atoms with Crippen molar-refractivity contribution in [1.29, 1.82) is 0 Å². The summed E-state index contributed by atoms with van der Waals surface area (Å²) in [5.41, 5.74) is 2.83. The Morgan fingerprint density at radius 3 is 2.66 bits per heavy atom. The molecule has 0 aliphatic carbocycles. The minimum absolute atomic E-state index is 0.0173. The summed E-state index contributed by atoms with van der Waals surface area (Å²) in [6, 6.07) is 15.9. The van der Waals surface area contributed by atoms with E-state index in [0.29, 0.717) is 0 Å². The summed E-state index contributed by atoms with van der Waals surface area (Å²) < 4.78 is 5.29. The zero-order valence-electron chi connectivity index (χ0n) is 17.6. The van der Waals surface area contributed by atoms with E-state index in [-0.39, 0.29) is 23.8 Å². The molecule has 29 heavy (non-hydrogen) atoms. The van der Waals surface area contributed by atoms with Gasteiger partial charge in [0.1, 0.15) is 5.75 Å². The van der Waals surface area contributed by atoms with E-state index >= 15 is 0 Å². The van der Waals surface area contributed by atoms with Gasteiger partial charge >= 0.3 is 0 Å². The third kappa shape index (κ3) is 5.81. The predicted molar refractivity (Wildman–Crippen MR) is 117 cm³/mol. The minimum Gasteiger partial charge on any atom is -0.497 e. The van der Waals surface area contributed by atoms with Gasteiger partial charge in [-0.3, -0.25) is 4.79 Å². The zero-order valence-corrected chi connectivity index (χ0v) is 17.6. The SMILES string of the molecule is COc1cccc(-c2ccc(NC(=O)[C@@H]3CCCN(CC(C)(C)CO)C3)cc2)c1. The summed E-state index contributed by atoms with van der Waals surface area (Å²) >= 11 is 0. The maximum Gasteiger partial charge on any atom is 0.228 e. The van der Waals surface area contributed by atoms with Crippen molar-refractivity contribution in [2.24, 2.45) is 11.3 Å². The van der Waals surface area contributed by atoms with Gasteiger partial charge < -0.3 is 20.1 Å². The van der Waals surface area contributed by atoms with Gasteiger partial charge in [0.15, 0.2) is 0 Å². The molecule has 2 N–H and O–H groups in total. The van der Waals surface area contributed by atoms with E-state index in [0.717, 1.165) is 55.0 Å². The molecule has 1 heterocycles. The molecule has 1 saturated heterocycles. The van der Waals surface area contributed by atoms with Crippen LogP contribution in [0.1, 0.15) is 26.7 Å². The first-order valence-electron chi connectivity index (χ1n) is 10.3. The van der Waals surface area contributed by atoms with Gasteiger partial charge in [0.25, 0.3) is 0 Å². The number of piperidine rings is 1. The largest absolute Gasteiger partial charge is 0.497 e. The number of amides is 1. The van der Waals surface area contributed by atoms with Crippen molar-refractivity contribution in [3.05, 3.63) is 48.5 Å². The zero-order chi connectivity index (χ0) is 20.9. The number of methoxy groups -OCH3 is 1. The second-order valence-electron chi connectivity index (χ2n) is 8.70. The lowest BCUT2D eigenvalue weighted by Gasteiger charge is -2.36. The second kappa shape index (κ2) is 9.42. The molecule has 1 fully saturated rings. The van der Waals surface area contributed by atoms with E-state index in [1.807, 2.05) is 48.5 Å². The highest BCUT2D eigenvalue weighted by Crippen LogP contribution is 2.26. The molecule has 1 amide bonds. The normalized spacial score (nSPS) is 17.7. The first kappa shape index (κ1) is 21.3. The molecule has 5 heteroatoms. The molecule has 1 atom stereocenters. The molecule has 2 aromatic carbocycles. The lowest BCUT2D eigenvalue weighted by Crippen LogP contribution is -2.45. The number of hydrogen-bond acceptors (Lipinski definition) is 4. The van der Waals surface area contributed by atoms with Gasteiger partial charge in [-0.25, -0.2) is 0 Å². The molecular weight excluding hydrogens is 364 g/mol. The maximum atomic E-state index is 12.8. The average Bonchev–Trinajstić information content (AvgIpc) is 2.74. The summed E-state index contributed by atoms with van der Waals surface area (Å²) in [4.78, 5) is 15.1. The van der Waals surface area contributed by atoms with Gasteiger partial charge in [-0.2, -0.15) is 0 Å². The fourth-order valence-electron chi connectivity index (χ4n) is 3.86. The number of nitrogens with one attached hydrogen (secondary N) is 1. The number of anilines is 1. The minimum atomic E-state index is -0.145. The molecule has 156 valence electrons. The number of hydrogen-bond donors (Lipinski definition) is 2. The third-order valence-corrected chi connectivity index (χ3v) is 5.51. The Labute approximate surface area is 173 Å². The molecule has 1 aliphatic rings. The molecule has 1 aliphatic heterocycles. The van der Waals surface area contributed by atoms with Crippen molar-refractivity contribution in [1.82, 2.24) is 4.90 Å². The fourth-order valence-corrected chi connectivity index (χ4v) is 3.86. The molecule has 5 nitrogen and oxygen atoms in total. The number of nitrogens with zero attached hydrogens (tertiary/aromatic N) is 1. The molecule has 0 aromatic heterocycles. The number of aliphatic hydroxyl groups is 1. The number of benzene rings is 2. The van der Waals surface area contributed by atoms with Crippen LogP contribution in [-0.4, -0.2) is 49.3 Å². The standard InChI is InChI=1S/C24H32N2O3/c1-24(2,17-27)16-26-13-5-7-20(15-26)23(28)25-21-11-9-18(10-12-21)19-6-4-8-22(14-19)29-3/h4,6,8-12,14,20,27H,5,7,13,15-17H2,1-3H3,(H,25,28)/t20-/m1/s1. The predicted octanol–water partition coefficient (Wildman–Crippen LogP) is 4.03. The number of carbonyl (C=O) groups excluding carboxylic acids is 1. The summed E-state index contributed by atoms with van der Waals surface area (Å²) in [5.74, 6) is 0.882. The third-order valence-electron chi connectivity index (χ3n) is 5.51. The van der Waals surface area contributed by atoms with Crippen LogP contribution >= 0.6 is 0 Å². The van der Waals surface area contributed by atoms with Crippen molar-refractivity contribution in [2.45, 2.75) is 26.7 Å². The summed E-state index contributed by atoms with van der Waals surface area (Å²) in [6.45, 7) is 6.81. The van der Waals surface area contributed by atoms with Crippen LogP contribution in [0.2, 0.25) is 0 Å². The lowest BCUT2D eigenvalue weighted by molar-refractivity contribution is -0.121. The van der Waals surface area contributed by atoms with E-state index in [2.05, 4.69) is 24.1 Å². The number of likely N-dealkylation sites (tertiary alicyclic amines) is 1. The Hall–Kier alpha value is -2.37. The average molecular weight is 397 g/mol. The van der Waals surface area contributed by atoms with Gasteiger partial charge in [0, 0.05) is 30.8 Å². The van der Waals surface area contributed by atoms with Gasteiger partial charge in [-0.15, -0.1) is 0 Å². The monoisotopic (exact) mass is 396 g/mol. The first-order valence-corrected chi connectivity index (χ1v) is 10.3. The van der Waals surface area contributed by atoms with Crippen LogP contribution in [0.3, 0.4) is 0 Å². The van der Waals surface area contributed by atoms with Crippen LogP contribution in [0.4, 0.5) is 5.69 Å². The van der Waals surface area contributed by atoms with E-state index in [1.165, 1.54) is 0 Å². The molecule has 0 unspecified atom stereocenters. The maximum absolute atomic E-state index is 12.8. The smallest absolute Gasteiger partial charge is 0.228 e. The van der Waals surface area contributed by atoms with Crippen LogP contribution in [0.25, 0.3) is 11.1 Å². The molecular formula is C24H32N2O3. The second-order valence-corrected chi connectivity index (χ2v) is 8.70. The molecule has 0 bridgehead atoms. The number of aliphatic hydroxyl groups excluding tert-OH is 1. The topological polar surface area (TPSA) is 61.8 Å². The highest BCUT2D eigenvalue weighted by molar-refractivity contribution is 5.93. The lowest BCUT2D eigenvalue weighted by atomic mass is 9.90. The van der Waals surface area contributed by atoms with Crippen molar-refractivity contribution in [3.8, 4) is 16.9 Å². The van der Waals surface area contributed by atoms with Crippen LogP contribution in [0, 0.1) is 11.3 Å². The van der Waals surface area contributed by atoms with Gasteiger partial charge in [-0.1, -0.05) is 38.1 Å². The summed E-state index contributed by atoms with van der Waals surface area (Å²) in [6.07, 6.45) is 1.91. The van der Waals surface area contributed by atoms with E-state index < -0.39 is 0 Å². The number of ether oxygens (including phenoxy) is 1. The van der Waals surface area contributed by atoms with Crippen LogP contribution in [-0.2, 0) is 4.79 Å². The van der Waals surface area contributed by atoms with Crippen LogP contribution in [0.5, 0.6) is 5.75 Å². The van der Waals surface area contributed by atoms with Crippen molar-refractivity contribution in [2.75, 3.05) is 38.7 Å². The fraction of sp³-hybridized carbons (Fsp3) is 0.458. The van der Waals surface area contributed by atoms with Crippen LogP contribution < -0.4 is 10.1 Å². The molecule has 0 saturated carbocycles. The highest BCUT2D eigenvalue weighted by atomic mass is 16.5. The van der Waals surface area contributed by atoms with Crippen molar-refractivity contribution < 1.29 is 14.6 Å². The molecule has 2 aromatic rings. The highest BCUT2D eigenvalue weighted by Gasteiger charge is 2.29. The molecule has 0 spiro atoms. The Bertz CT molecular complexity index is 817. The van der Waals surface area contributed by atoms with E-state index in [9.17, 15) is 9.90 Å². The molecule has 3 rings (SSSR count). The quantitative estimate of drug-likeness (QED) is 0.742. The summed E-state index contributed by atoms with van der Waals surface area (Å²) in [7, 11) is 1.66. The van der Waals surface area contributed by atoms with E-state index in [1.54, 1.807) is 7.11 Å². The van der Waals surface area contributed by atoms with Gasteiger partial charge in [0.2, 0.25) is 5.91 Å². The van der Waals surface area contributed by atoms with Gasteiger partial charge in [0.05, 0.1) is 13.0 Å². The molecule has 0 radical (unpaired) electrons. The van der Waals surface area contributed by atoms with Crippen LogP contribution in [0.15, 0.2) is 48.5 Å².